The number of aryl methyl sites for hydroxylation is 1. The largest absolute Gasteiger partial charge is 0.296 e. The summed E-state index contributed by atoms with van der Waals surface area (Å²) in [7, 11) is 0. The number of nitrogens with zero attached hydrogens (tertiary/aromatic N) is 2. The minimum Gasteiger partial charge on any atom is -0.296 e. The Balaban J connectivity index is 2.21. The third-order valence-electron chi connectivity index (χ3n) is 4.56. The topological polar surface area (TPSA) is 54.2 Å². The first-order valence-electron chi connectivity index (χ1n) is 7.69. The molecule has 0 aliphatic carbocycles. The molecule has 1 unspecified atom stereocenters. The Hall–Kier alpha value is -0.970. The molecule has 1 aromatic rings. The van der Waals surface area contributed by atoms with Crippen molar-refractivity contribution in [3.8, 4) is 0 Å². The number of nitrogens with two attached hydrogens (primary N) is 1. The second-order valence-corrected chi connectivity index (χ2v) is 6.39. The van der Waals surface area contributed by atoms with Gasteiger partial charge in [-0.2, -0.15) is 0 Å². The van der Waals surface area contributed by atoms with Gasteiger partial charge >= 0.3 is 0 Å². The van der Waals surface area contributed by atoms with Crippen LogP contribution in [-0.2, 0) is 0 Å². The molecule has 4 heteroatoms. The highest BCUT2D eigenvalue weighted by molar-refractivity contribution is 5.21. The van der Waals surface area contributed by atoms with E-state index in [1.54, 1.807) is 0 Å². The molecule has 2 heterocycles. The molecule has 0 amide bonds. The average Bonchev–Trinajstić information content (AvgIpc) is 2.71. The van der Waals surface area contributed by atoms with Crippen LogP contribution < -0.4 is 11.3 Å². The summed E-state index contributed by atoms with van der Waals surface area (Å²) in [4.78, 5) is 6.98. The van der Waals surface area contributed by atoms with E-state index in [2.05, 4.69) is 41.3 Å². The van der Waals surface area contributed by atoms with Crippen molar-refractivity contribution in [3.63, 3.8) is 0 Å². The minimum atomic E-state index is -0.0178. The molecule has 0 bridgehead atoms. The van der Waals surface area contributed by atoms with E-state index >= 15 is 0 Å². The van der Waals surface area contributed by atoms with Crippen LogP contribution in [0.4, 0.5) is 0 Å². The molecule has 1 aliphatic heterocycles. The molecule has 4 nitrogen and oxygen atoms in total. The number of hydrazine groups is 1. The third kappa shape index (κ3) is 3.37. The smallest absolute Gasteiger partial charge is 0.0653 e. The molecule has 3 N–H and O–H groups in total. The summed E-state index contributed by atoms with van der Waals surface area (Å²) >= 11 is 0. The van der Waals surface area contributed by atoms with Gasteiger partial charge in [0.1, 0.15) is 0 Å². The zero-order chi connectivity index (χ0) is 14.6. The molecule has 20 heavy (non-hydrogen) atoms. The highest BCUT2D eigenvalue weighted by atomic mass is 15.3. The number of likely N-dealkylation sites (tertiary alicyclic amines) is 1. The lowest BCUT2D eigenvalue weighted by Crippen LogP contribution is -2.54. The van der Waals surface area contributed by atoms with Crippen LogP contribution in [0.15, 0.2) is 18.3 Å². The van der Waals surface area contributed by atoms with Crippen molar-refractivity contribution in [3.05, 3.63) is 29.6 Å². The van der Waals surface area contributed by atoms with E-state index < -0.39 is 0 Å². The Morgan fingerprint density at radius 1 is 1.20 bits per heavy atom. The van der Waals surface area contributed by atoms with Crippen LogP contribution in [0.1, 0.15) is 56.8 Å². The fourth-order valence-corrected chi connectivity index (χ4v) is 3.19. The van der Waals surface area contributed by atoms with Crippen molar-refractivity contribution in [1.82, 2.24) is 15.3 Å². The maximum absolute atomic E-state index is 5.87. The van der Waals surface area contributed by atoms with E-state index in [-0.39, 0.29) is 11.6 Å². The molecule has 0 saturated carbocycles. The fourth-order valence-electron chi connectivity index (χ4n) is 3.19. The number of hydrogen-bond acceptors (Lipinski definition) is 4. The second kappa shape index (κ2) is 6.66. The summed E-state index contributed by atoms with van der Waals surface area (Å²) in [6.45, 7) is 8.88. The van der Waals surface area contributed by atoms with Crippen LogP contribution in [0, 0.1) is 6.92 Å². The Morgan fingerprint density at radius 3 is 2.35 bits per heavy atom. The maximum Gasteiger partial charge on any atom is 0.0653 e. The monoisotopic (exact) mass is 276 g/mol. The van der Waals surface area contributed by atoms with Crippen LogP contribution in [0.5, 0.6) is 0 Å². The molecule has 2 rings (SSSR count). The van der Waals surface area contributed by atoms with Gasteiger partial charge in [-0.3, -0.25) is 21.2 Å². The summed E-state index contributed by atoms with van der Waals surface area (Å²) < 4.78 is 0. The molecule has 1 aromatic heterocycles. The summed E-state index contributed by atoms with van der Waals surface area (Å²) in [6.07, 6.45) is 7.21. The Labute approximate surface area is 122 Å². The molecule has 1 fully saturated rings. The molecular formula is C16H28N4. The van der Waals surface area contributed by atoms with Gasteiger partial charge in [-0.1, -0.05) is 18.9 Å². The molecule has 1 atom stereocenters. The molecule has 0 aromatic carbocycles. The Bertz CT molecular complexity index is 405. The lowest BCUT2D eigenvalue weighted by atomic mass is 9.87. The molecule has 112 valence electrons. The lowest BCUT2D eigenvalue weighted by Gasteiger charge is -2.43. The summed E-state index contributed by atoms with van der Waals surface area (Å²) in [5, 5.41) is 0. The van der Waals surface area contributed by atoms with Crippen molar-refractivity contribution in [2.45, 2.75) is 58.0 Å². The van der Waals surface area contributed by atoms with Crippen molar-refractivity contribution in [2.75, 3.05) is 13.1 Å². The standard InChI is InChI=1S/C16H28N4/c1-13-8-9-14(12-18-13)15(19-17)16(2,3)20-10-6-4-5-7-11-20/h8-9,12,15,19H,4-7,10-11,17H2,1-3H3. The summed E-state index contributed by atoms with van der Waals surface area (Å²) in [6, 6.07) is 4.28. The number of pyridine rings is 1. The van der Waals surface area contributed by atoms with Crippen LogP contribution in [0.3, 0.4) is 0 Å². The third-order valence-corrected chi connectivity index (χ3v) is 4.56. The van der Waals surface area contributed by atoms with Crippen molar-refractivity contribution in [1.29, 1.82) is 0 Å². The van der Waals surface area contributed by atoms with Gasteiger partial charge in [-0.15, -0.1) is 0 Å². The predicted molar refractivity (Wildman–Crippen MR) is 83.2 cm³/mol. The van der Waals surface area contributed by atoms with E-state index in [9.17, 15) is 0 Å². The van der Waals surface area contributed by atoms with Gasteiger partial charge in [-0.25, -0.2) is 0 Å². The Morgan fingerprint density at radius 2 is 1.85 bits per heavy atom. The van der Waals surface area contributed by atoms with Gasteiger partial charge in [-0.05, 0) is 58.3 Å². The first-order valence-corrected chi connectivity index (χ1v) is 7.69. The zero-order valence-corrected chi connectivity index (χ0v) is 13.0. The minimum absolute atomic E-state index is 0.0178. The zero-order valence-electron chi connectivity index (χ0n) is 13.0. The van der Waals surface area contributed by atoms with Crippen LogP contribution in [-0.4, -0.2) is 28.5 Å². The van der Waals surface area contributed by atoms with Gasteiger partial charge in [0.15, 0.2) is 0 Å². The van der Waals surface area contributed by atoms with Crippen molar-refractivity contribution in [2.24, 2.45) is 5.84 Å². The summed E-state index contributed by atoms with van der Waals surface area (Å²) in [5.41, 5.74) is 5.19. The number of nitrogens with one attached hydrogen (secondary N) is 1. The van der Waals surface area contributed by atoms with Crippen LogP contribution in [0.2, 0.25) is 0 Å². The fraction of sp³-hybridized carbons (Fsp3) is 0.688. The van der Waals surface area contributed by atoms with E-state index in [0.717, 1.165) is 24.3 Å². The predicted octanol–water partition coefficient (Wildman–Crippen LogP) is 2.55. The highest BCUT2D eigenvalue weighted by Gasteiger charge is 2.36. The van der Waals surface area contributed by atoms with Crippen molar-refractivity contribution >= 4 is 0 Å². The van der Waals surface area contributed by atoms with E-state index in [4.69, 9.17) is 5.84 Å². The quantitative estimate of drug-likeness (QED) is 0.655. The molecule has 0 spiro atoms. The number of hydrogen-bond donors (Lipinski definition) is 2. The average molecular weight is 276 g/mol. The van der Waals surface area contributed by atoms with Crippen LogP contribution in [0.25, 0.3) is 0 Å². The Kier molecular flexibility index (Phi) is 5.13. The molecule has 1 saturated heterocycles. The summed E-state index contributed by atoms with van der Waals surface area (Å²) in [5.74, 6) is 5.87. The first kappa shape index (κ1) is 15.4. The van der Waals surface area contributed by atoms with E-state index in [1.165, 1.54) is 25.7 Å². The van der Waals surface area contributed by atoms with Gasteiger partial charge in [0, 0.05) is 17.4 Å². The lowest BCUT2D eigenvalue weighted by molar-refractivity contribution is 0.0833. The van der Waals surface area contributed by atoms with Crippen molar-refractivity contribution < 1.29 is 0 Å². The number of rotatable bonds is 4. The highest BCUT2D eigenvalue weighted by Crippen LogP contribution is 2.32. The van der Waals surface area contributed by atoms with Gasteiger partial charge in [0.05, 0.1) is 6.04 Å². The maximum atomic E-state index is 5.87. The normalized spacial score (nSPS) is 19.6. The SMILES string of the molecule is Cc1ccc(C(NN)C(C)(C)N2CCCCCC2)cn1. The second-order valence-electron chi connectivity index (χ2n) is 6.39. The van der Waals surface area contributed by atoms with E-state index in [0.29, 0.717) is 0 Å². The van der Waals surface area contributed by atoms with E-state index in [1.807, 2.05) is 13.1 Å². The van der Waals surface area contributed by atoms with Crippen LogP contribution >= 0.6 is 0 Å². The van der Waals surface area contributed by atoms with Gasteiger partial charge in [0.25, 0.3) is 0 Å². The van der Waals surface area contributed by atoms with Gasteiger partial charge in [0.2, 0.25) is 0 Å². The molecule has 0 radical (unpaired) electrons. The molecule has 1 aliphatic rings. The molecular weight excluding hydrogens is 248 g/mol. The number of aromatic nitrogens is 1. The first-order chi connectivity index (χ1) is 9.55. The van der Waals surface area contributed by atoms with Gasteiger partial charge < -0.3 is 0 Å².